The van der Waals surface area contributed by atoms with Crippen LogP contribution in [0.3, 0.4) is 0 Å². The van der Waals surface area contributed by atoms with Gasteiger partial charge in [0.25, 0.3) is 10.0 Å². The number of para-hydroxylation sites is 1. The monoisotopic (exact) mass is 378 g/mol. The molecule has 2 aromatic carbocycles. The summed E-state index contributed by atoms with van der Waals surface area (Å²) in [6, 6.07) is 11.3. The first-order valence-corrected chi connectivity index (χ1v) is 9.38. The molecular formula is C18H22N2O5S. The highest BCUT2D eigenvalue weighted by Crippen LogP contribution is 2.29. The van der Waals surface area contributed by atoms with Crippen molar-refractivity contribution >= 4 is 16.2 Å². The number of hydrogen-bond donors (Lipinski definition) is 1. The van der Waals surface area contributed by atoms with Crippen molar-refractivity contribution in [3.63, 3.8) is 0 Å². The van der Waals surface area contributed by atoms with E-state index in [-0.39, 0.29) is 11.0 Å². The van der Waals surface area contributed by atoms with E-state index in [0.717, 1.165) is 0 Å². The Morgan fingerprint density at radius 1 is 1.04 bits per heavy atom. The van der Waals surface area contributed by atoms with Gasteiger partial charge in [-0.05, 0) is 50.2 Å². The van der Waals surface area contributed by atoms with Crippen molar-refractivity contribution in [2.75, 3.05) is 14.2 Å². The normalized spacial score (nSPS) is 11.6. The number of hydrazone groups is 1. The Morgan fingerprint density at radius 2 is 1.73 bits per heavy atom. The van der Waals surface area contributed by atoms with Crippen molar-refractivity contribution in [2.45, 2.75) is 24.8 Å². The van der Waals surface area contributed by atoms with Crippen LogP contribution in [0.2, 0.25) is 0 Å². The Kier molecular flexibility index (Phi) is 6.46. The van der Waals surface area contributed by atoms with E-state index in [2.05, 4.69) is 9.93 Å². The van der Waals surface area contributed by atoms with Crippen molar-refractivity contribution < 1.29 is 22.6 Å². The molecule has 2 aromatic rings. The molecular weight excluding hydrogens is 356 g/mol. The summed E-state index contributed by atoms with van der Waals surface area (Å²) < 4.78 is 40.6. The molecule has 0 saturated carbocycles. The molecule has 0 aliphatic carbocycles. The second-order valence-electron chi connectivity index (χ2n) is 5.57. The molecule has 1 N–H and O–H groups in total. The van der Waals surface area contributed by atoms with Crippen LogP contribution in [-0.2, 0) is 10.0 Å². The highest BCUT2D eigenvalue weighted by molar-refractivity contribution is 7.89. The summed E-state index contributed by atoms with van der Waals surface area (Å²) in [6.45, 7) is 3.79. The lowest BCUT2D eigenvalue weighted by molar-refractivity contribution is 0.242. The average Bonchev–Trinajstić information content (AvgIpc) is 2.61. The molecule has 0 atom stereocenters. The summed E-state index contributed by atoms with van der Waals surface area (Å²) in [5.41, 5.74) is 0.579. The van der Waals surface area contributed by atoms with Crippen molar-refractivity contribution in [3.05, 3.63) is 48.0 Å². The van der Waals surface area contributed by atoms with E-state index < -0.39 is 10.0 Å². The molecule has 0 amide bonds. The van der Waals surface area contributed by atoms with E-state index in [0.29, 0.717) is 22.8 Å². The van der Waals surface area contributed by atoms with Crippen LogP contribution in [0.15, 0.2) is 52.5 Å². The van der Waals surface area contributed by atoms with Gasteiger partial charge in [-0.1, -0.05) is 6.07 Å². The molecule has 0 saturated heterocycles. The Bertz CT molecular complexity index is 862. The molecule has 140 valence electrons. The van der Waals surface area contributed by atoms with E-state index in [1.54, 1.807) is 30.3 Å². The van der Waals surface area contributed by atoms with Gasteiger partial charge in [0.1, 0.15) is 5.75 Å². The molecule has 2 rings (SSSR count). The van der Waals surface area contributed by atoms with E-state index in [1.165, 1.54) is 32.6 Å². The quantitative estimate of drug-likeness (QED) is 0.564. The highest BCUT2D eigenvalue weighted by atomic mass is 32.2. The number of hydrogen-bond acceptors (Lipinski definition) is 6. The minimum atomic E-state index is -3.79. The molecule has 0 fully saturated rings. The second-order valence-corrected chi connectivity index (χ2v) is 7.23. The lowest BCUT2D eigenvalue weighted by atomic mass is 10.2. The summed E-state index contributed by atoms with van der Waals surface area (Å²) in [7, 11) is -0.764. The van der Waals surface area contributed by atoms with Crippen LogP contribution in [0.25, 0.3) is 0 Å². The van der Waals surface area contributed by atoms with Gasteiger partial charge in [0.2, 0.25) is 0 Å². The molecule has 0 spiro atoms. The fourth-order valence-corrected chi connectivity index (χ4v) is 2.99. The highest BCUT2D eigenvalue weighted by Gasteiger charge is 2.13. The van der Waals surface area contributed by atoms with E-state index >= 15 is 0 Å². The summed E-state index contributed by atoms with van der Waals surface area (Å²) in [5.74, 6) is 1.59. The van der Waals surface area contributed by atoms with Gasteiger partial charge in [0, 0.05) is 5.56 Å². The SMILES string of the molecule is COc1cccc(/C=N/NS(=O)(=O)c2ccc(OC(C)C)cc2)c1OC. The van der Waals surface area contributed by atoms with Gasteiger partial charge < -0.3 is 14.2 Å². The molecule has 0 radical (unpaired) electrons. The Labute approximate surface area is 153 Å². The maximum Gasteiger partial charge on any atom is 0.276 e. The number of ether oxygens (including phenoxy) is 3. The first kappa shape index (κ1) is 19.6. The predicted octanol–water partition coefficient (Wildman–Crippen LogP) is 2.80. The van der Waals surface area contributed by atoms with Gasteiger partial charge in [0.15, 0.2) is 11.5 Å². The number of benzene rings is 2. The molecule has 7 nitrogen and oxygen atoms in total. The Hall–Kier alpha value is -2.74. The molecule has 0 aliphatic rings. The lowest BCUT2D eigenvalue weighted by Crippen LogP contribution is -2.18. The second kappa shape index (κ2) is 8.57. The van der Waals surface area contributed by atoms with E-state index in [4.69, 9.17) is 14.2 Å². The molecule has 26 heavy (non-hydrogen) atoms. The summed E-state index contributed by atoms with van der Waals surface area (Å²) in [5, 5.41) is 3.81. The fraction of sp³-hybridized carbons (Fsp3) is 0.278. The smallest absolute Gasteiger partial charge is 0.276 e. The fourth-order valence-electron chi connectivity index (χ4n) is 2.20. The maximum atomic E-state index is 12.3. The van der Waals surface area contributed by atoms with Crippen LogP contribution in [0.5, 0.6) is 17.2 Å². The average molecular weight is 378 g/mol. The zero-order valence-electron chi connectivity index (χ0n) is 15.1. The summed E-state index contributed by atoms with van der Waals surface area (Å²) >= 11 is 0. The molecule has 8 heteroatoms. The molecule has 0 aromatic heterocycles. The van der Waals surface area contributed by atoms with Crippen LogP contribution in [0.1, 0.15) is 19.4 Å². The van der Waals surface area contributed by atoms with Gasteiger partial charge in [0.05, 0.1) is 31.4 Å². The number of nitrogens with one attached hydrogen (secondary N) is 1. The van der Waals surface area contributed by atoms with Gasteiger partial charge in [-0.2, -0.15) is 13.5 Å². The summed E-state index contributed by atoms with van der Waals surface area (Å²) in [4.78, 5) is 2.26. The number of sulfonamides is 1. The minimum absolute atomic E-state index is 0.0121. The van der Waals surface area contributed by atoms with Crippen LogP contribution < -0.4 is 19.0 Å². The molecule has 0 bridgehead atoms. The van der Waals surface area contributed by atoms with Crippen molar-refractivity contribution in [1.29, 1.82) is 0 Å². The van der Waals surface area contributed by atoms with Crippen molar-refractivity contribution in [3.8, 4) is 17.2 Å². The topological polar surface area (TPSA) is 86.2 Å². The van der Waals surface area contributed by atoms with Gasteiger partial charge >= 0.3 is 0 Å². The third-order valence-electron chi connectivity index (χ3n) is 3.32. The molecule has 0 unspecified atom stereocenters. The standard InChI is InChI=1S/C18H22N2O5S/c1-13(2)25-15-8-10-16(11-9-15)26(21,22)20-19-12-14-6-5-7-17(23-3)18(14)24-4/h5-13,20H,1-4H3/b19-12+. The van der Waals surface area contributed by atoms with E-state index in [9.17, 15) is 8.42 Å². The van der Waals surface area contributed by atoms with Crippen LogP contribution >= 0.6 is 0 Å². The Balaban J connectivity index is 2.14. The zero-order valence-corrected chi connectivity index (χ0v) is 15.9. The lowest BCUT2D eigenvalue weighted by Gasteiger charge is -2.10. The largest absolute Gasteiger partial charge is 0.493 e. The molecule has 0 aliphatic heterocycles. The number of nitrogens with zero attached hydrogens (tertiary/aromatic N) is 1. The first-order chi connectivity index (χ1) is 12.4. The number of rotatable bonds is 8. The predicted molar refractivity (Wildman–Crippen MR) is 99.7 cm³/mol. The minimum Gasteiger partial charge on any atom is -0.493 e. The third kappa shape index (κ3) is 4.89. The van der Waals surface area contributed by atoms with Crippen LogP contribution in [0, 0.1) is 0 Å². The first-order valence-electron chi connectivity index (χ1n) is 7.90. The van der Waals surface area contributed by atoms with Gasteiger partial charge in [-0.25, -0.2) is 4.83 Å². The maximum absolute atomic E-state index is 12.3. The van der Waals surface area contributed by atoms with Crippen LogP contribution in [-0.4, -0.2) is 35.0 Å². The van der Waals surface area contributed by atoms with Crippen molar-refractivity contribution in [1.82, 2.24) is 4.83 Å². The van der Waals surface area contributed by atoms with Gasteiger partial charge in [-0.15, -0.1) is 0 Å². The molecule has 0 heterocycles. The number of methoxy groups -OCH3 is 2. The van der Waals surface area contributed by atoms with Crippen LogP contribution in [0.4, 0.5) is 0 Å². The Morgan fingerprint density at radius 3 is 2.31 bits per heavy atom. The van der Waals surface area contributed by atoms with Crippen molar-refractivity contribution in [2.24, 2.45) is 5.10 Å². The summed E-state index contributed by atoms with van der Waals surface area (Å²) in [6.07, 6.45) is 1.37. The third-order valence-corrected chi connectivity index (χ3v) is 4.55. The van der Waals surface area contributed by atoms with Gasteiger partial charge in [-0.3, -0.25) is 0 Å². The van der Waals surface area contributed by atoms with E-state index in [1.807, 2.05) is 13.8 Å². The zero-order chi connectivity index (χ0) is 19.2.